The van der Waals surface area contributed by atoms with Gasteiger partial charge in [0.05, 0.1) is 0 Å². The van der Waals surface area contributed by atoms with Gasteiger partial charge < -0.3 is 10.6 Å². The second-order valence-corrected chi connectivity index (χ2v) is 6.10. The number of hydrogen-bond donors (Lipinski definition) is 2. The van der Waals surface area contributed by atoms with Crippen molar-refractivity contribution in [1.29, 1.82) is 0 Å². The Morgan fingerprint density at radius 3 is 2.53 bits per heavy atom. The van der Waals surface area contributed by atoms with Crippen LogP contribution in [0.15, 0.2) is 0 Å². The van der Waals surface area contributed by atoms with Crippen LogP contribution in [0.1, 0.15) is 52.4 Å². The Morgan fingerprint density at radius 2 is 1.87 bits per heavy atom. The average Bonchev–Trinajstić information content (AvgIpc) is 2.17. The zero-order chi connectivity index (χ0) is 10.7. The Balaban J connectivity index is 1.78. The molecule has 2 fully saturated rings. The largest absolute Gasteiger partial charge is 0.313 e. The summed E-state index contributed by atoms with van der Waals surface area (Å²) in [7, 11) is 0. The fourth-order valence-electron chi connectivity index (χ4n) is 3.18. The van der Waals surface area contributed by atoms with E-state index in [9.17, 15) is 0 Å². The summed E-state index contributed by atoms with van der Waals surface area (Å²) in [5, 5.41) is 7.33. The first-order valence-corrected chi connectivity index (χ1v) is 6.64. The van der Waals surface area contributed by atoms with E-state index in [1.807, 2.05) is 0 Å². The van der Waals surface area contributed by atoms with Crippen molar-refractivity contribution in [3.05, 3.63) is 0 Å². The lowest BCUT2D eigenvalue weighted by Crippen LogP contribution is -2.61. The van der Waals surface area contributed by atoms with Crippen molar-refractivity contribution in [1.82, 2.24) is 10.6 Å². The van der Waals surface area contributed by atoms with Gasteiger partial charge in [-0.2, -0.15) is 0 Å². The van der Waals surface area contributed by atoms with Crippen LogP contribution in [-0.4, -0.2) is 24.7 Å². The molecule has 0 aromatic rings. The van der Waals surface area contributed by atoms with E-state index in [4.69, 9.17) is 0 Å². The maximum Gasteiger partial charge on any atom is 0.0252 e. The summed E-state index contributed by atoms with van der Waals surface area (Å²) in [4.78, 5) is 0. The molecule has 15 heavy (non-hydrogen) atoms. The Hall–Kier alpha value is -0.0800. The second-order valence-electron chi connectivity index (χ2n) is 6.10. The SMILES string of the molecule is CC1(C)CNCC(CC2CCCCC2)N1. The molecule has 2 N–H and O–H groups in total. The van der Waals surface area contributed by atoms with Crippen LogP contribution in [0.3, 0.4) is 0 Å². The highest BCUT2D eigenvalue weighted by Gasteiger charge is 2.28. The van der Waals surface area contributed by atoms with Gasteiger partial charge in [-0.15, -0.1) is 0 Å². The number of rotatable bonds is 2. The van der Waals surface area contributed by atoms with Gasteiger partial charge >= 0.3 is 0 Å². The molecule has 2 heteroatoms. The van der Waals surface area contributed by atoms with E-state index in [-0.39, 0.29) is 5.54 Å². The van der Waals surface area contributed by atoms with Crippen LogP contribution in [0.4, 0.5) is 0 Å². The molecule has 0 aromatic carbocycles. The van der Waals surface area contributed by atoms with E-state index in [2.05, 4.69) is 24.5 Å². The number of nitrogens with one attached hydrogen (secondary N) is 2. The molecule has 1 unspecified atom stereocenters. The maximum absolute atomic E-state index is 3.78. The highest BCUT2D eigenvalue weighted by Crippen LogP contribution is 2.28. The molecule has 1 saturated carbocycles. The molecule has 2 rings (SSSR count). The summed E-state index contributed by atoms with van der Waals surface area (Å²) < 4.78 is 0. The van der Waals surface area contributed by atoms with Crippen LogP contribution < -0.4 is 10.6 Å². The summed E-state index contributed by atoms with van der Waals surface area (Å²) in [5.74, 6) is 0.993. The summed E-state index contributed by atoms with van der Waals surface area (Å²) in [5.41, 5.74) is 0.289. The first-order chi connectivity index (χ1) is 7.16. The molecule has 1 aliphatic heterocycles. The van der Waals surface area contributed by atoms with Crippen LogP contribution >= 0.6 is 0 Å². The maximum atomic E-state index is 3.78. The lowest BCUT2D eigenvalue weighted by Gasteiger charge is -2.39. The van der Waals surface area contributed by atoms with Crippen molar-refractivity contribution in [2.24, 2.45) is 5.92 Å². The fraction of sp³-hybridized carbons (Fsp3) is 1.00. The molecular weight excluding hydrogens is 184 g/mol. The Kier molecular flexibility index (Phi) is 3.68. The molecule has 2 aliphatic rings. The molecule has 0 bridgehead atoms. The molecule has 2 nitrogen and oxygen atoms in total. The zero-order valence-corrected chi connectivity index (χ0v) is 10.3. The highest BCUT2D eigenvalue weighted by molar-refractivity contribution is 4.91. The molecule has 0 spiro atoms. The lowest BCUT2D eigenvalue weighted by atomic mass is 9.83. The van der Waals surface area contributed by atoms with Gasteiger partial charge in [-0.3, -0.25) is 0 Å². The molecule has 0 aromatic heterocycles. The van der Waals surface area contributed by atoms with Crippen LogP contribution in [0.2, 0.25) is 0 Å². The van der Waals surface area contributed by atoms with Gasteiger partial charge in [0.1, 0.15) is 0 Å². The van der Waals surface area contributed by atoms with Crippen LogP contribution in [0.5, 0.6) is 0 Å². The molecule has 1 aliphatic carbocycles. The second kappa shape index (κ2) is 4.84. The predicted molar refractivity (Wildman–Crippen MR) is 65.1 cm³/mol. The Bertz CT molecular complexity index is 195. The summed E-state index contributed by atoms with van der Waals surface area (Å²) >= 11 is 0. The molecule has 88 valence electrons. The third-order valence-corrected chi connectivity index (χ3v) is 3.90. The number of hydrogen-bond acceptors (Lipinski definition) is 2. The van der Waals surface area contributed by atoms with E-state index in [1.165, 1.54) is 45.1 Å². The van der Waals surface area contributed by atoms with Crippen molar-refractivity contribution < 1.29 is 0 Å². The van der Waals surface area contributed by atoms with Gasteiger partial charge in [-0.1, -0.05) is 32.1 Å². The summed E-state index contributed by atoms with van der Waals surface area (Å²) in [6.45, 7) is 6.87. The van der Waals surface area contributed by atoms with Crippen molar-refractivity contribution in [3.63, 3.8) is 0 Å². The minimum atomic E-state index is 0.289. The third-order valence-electron chi connectivity index (χ3n) is 3.90. The van der Waals surface area contributed by atoms with E-state index >= 15 is 0 Å². The van der Waals surface area contributed by atoms with Gasteiger partial charge in [-0.05, 0) is 26.2 Å². The monoisotopic (exact) mass is 210 g/mol. The van der Waals surface area contributed by atoms with E-state index < -0.39 is 0 Å². The third kappa shape index (κ3) is 3.46. The van der Waals surface area contributed by atoms with E-state index in [1.54, 1.807) is 0 Å². The molecule has 1 atom stereocenters. The average molecular weight is 210 g/mol. The number of piperazine rings is 1. The molecular formula is C13H26N2. The first kappa shape index (κ1) is 11.4. The summed E-state index contributed by atoms with van der Waals surface area (Å²) in [6, 6.07) is 0.705. The van der Waals surface area contributed by atoms with Crippen molar-refractivity contribution in [2.75, 3.05) is 13.1 Å². The van der Waals surface area contributed by atoms with Gasteiger partial charge in [0.25, 0.3) is 0 Å². The quantitative estimate of drug-likeness (QED) is 0.731. The van der Waals surface area contributed by atoms with Crippen LogP contribution in [-0.2, 0) is 0 Å². The summed E-state index contributed by atoms with van der Waals surface area (Å²) in [6.07, 6.45) is 8.73. The van der Waals surface area contributed by atoms with Gasteiger partial charge in [0, 0.05) is 24.7 Å². The molecule has 1 heterocycles. The Labute approximate surface area is 94.2 Å². The molecule has 0 amide bonds. The van der Waals surface area contributed by atoms with Crippen molar-refractivity contribution in [2.45, 2.75) is 64.0 Å². The fourth-order valence-corrected chi connectivity index (χ4v) is 3.18. The van der Waals surface area contributed by atoms with Crippen molar-refractivity contribution >= 4 is 0 Å². The zero-order valence-electron chi connectivity index (χ0n) is 10.3. The molecule has 1 saturated heterocycles. The highest BCUT2D eigenvalue weighted by atomic mass is 15.1. The first-order valence-electron chi connectivity index (χ1n) is 6.64. The van der Waals surface area contributed by atoms with E-state index in [0.717, 1.165) is 12.5 Å². The van der Waals surface area contributed by atoms with Gasteiger partial charge in [-0.25, -0.2) is 0 Å². The topological polar surface area (TPSA) is 24.1 Å². The normalized spacial score (nSPS) is 32.8. The van der Waals surface area contributed by atoms with Gasteiger partial charge in [0.15, 0.2) is 0 Å². The Morgan fingerprint density at radius 1 is 1.13 bits per heavy atom. The minimum Gasteiger partial charge on any atom is -0.313 e. The predicted octanol–water partition coefficient (Wildman–Crippen LogP) is 2.30. The standard InChI is InChI=1S/C13H26N2/c1-13(2)10-14-9-12(15-13)8-11-6-4-3-5-7-11/h11-12,14-15H,3-10H2,1-2H3. The van der Waals surface area contributed by atoms with Gasteiger partial charge in [0.2, 0.25) is 0 Å². The van der Waals surface area contributed by atoms with Crippen LogP contribution in [0, 0.1) is 5.92 Å². The molecule has 0 radical (unpaired) electrons. The van der Waals surface area contributed by atoms with Crippen LogP contribution in [0.25, 0.3) is 0 Å². The van der Waals surface area contributed by atoms with E-state index in [0.29, 0.717) is 6.04 Å². The smallest absolute Gasteiger partial charge is 0.0252 e. The van der Waals surface area contributed by atoms with Crippen molar-refractivity contribution in [3.8, 4) is 0 Å². The minimum absolute atomic E-state index is 0.289. The lowest BCUT2D eigenvalue weighted by molar-refractivity contribution is 0.215.